The van der Waals surface area contributed by atoms with Crippen LogP contribution in [0.5, 0.6) is 5.75 Å². The zero-order valence-electron chi connectivity index (χ0n) is 15.1. The third kappa shape index (κ3) is 7.29. The first-order valence-corrected chi connectivity index (χ1v) is 7.91. The van der Waals surface area contributed by atoms with Crippen LogP contribution in [0.4, 0.5) is 0 Å². The average Bonchev–Trinajstić information content (AvgIpc) is 3.04. The van der Waals surface area contributed by atoms with Crippen LogP contribution in [0, 0.1) is 0 Å². The molecule has 2 N–H and O–H groups in total. The molecule has 0 atom stereocenters. The van der Waals surface area contributed by atoms with E-state index in [0.717, 1.165) is 11.5 Å². The smallest absolute Gasteiger partial charge is 0.213 e. The van der Waals surface area contributed by atoms with E-state index in [2.05, 4.69) is 46.4 Å². The number of pyridine rings is 1. The Morgan fingerprint density at radius 1 is 1.28 bits per heavy atom. The summed E-state index contributed by atoms with van der Waals surface area (Å²) in [5.41, 5.74) is -0.0468. The van der Waals surface area contributed by atoms with Gasteiger partial charge in [-0.2, -0.15) is 0 Å². The number of hydrogen-bond acceptors (Lipinski definition) is 5. The van der Waals surface area contributed by atoms with Crippen molar-refractivity contribution >= 4 is 29.9 Å². The van der Waals surface area contributed by atoms with Gasteiger partial charge in [0.05, 0.1) is 25.5 Å². The minimum atomic E-state index is -0.0468. The van der Waals surface area contributed by atoms with Crippen molar-refractivity contribution in [3.8, 4) is 5.75 Å². The molecule has 0 radical (unpaired) electrons. The number of guanidine groups is 1. The third-order valence-electron chi connectivity index (χ3n) is 3.22. The zero-order valence-corrected chi connectivity index (χ0v) is 17.4. The molecule has 138 valence electrons. The second-order valence-corrected chi connectivity index (χ2v) is 6.26. The van der Waals surface area contributed by atoms with Gasteiger partial charge < -0.3 is 19.8 Å². The topological polar surface area (TPSA) is 84.6 Å². The largest absolute Gasteiger partial charge is 0.490 e. The van der Waals surface area contributed by atoms with Crippen molar-refractivity contribution in [2.24, 2.45) is 4.99 Å². The van der Waals surface area contributed by atoms with Crippen LogP contribution in [0.1, 0.15) is 32.4 Å². The first kappa shape index (κ1) is 21.2. The summed E-state index contributed by atoms with van der Waals surface area (Å²) in [5, 5.41) is 6.33. The molecule has 2 aromatic heterocycles. The highest BCUT2D eigenvalue weighted by molar-refractivity contribution is 14.0. The fraction of sp³-hybridized carbons (Fsp3) is 0.471. The number of oxazole rings is 1. The van der Waals surface area contributed by atoms with Crippen molar-refractivity contribution in [3.05, 3.63) is 42.4 Å². The van der Waals surface area contributed by atoms with Crippen molar-refractivity contribution in [2.75, 3.05) is 20.2 Å². The van der Waals surface area contributed by atoms with Crippen LogP contribution in [0.25, 0.3) is 0 Å². The van der Waals surface area contributed by atoms with E-state index in [1.807, 2.05) is 12.1 Å². The number of ether oxygens (including phenoxy) is 1. The number of rotatable bonds is 6. The van der Waals surface area contributed by atoms with E-state index in [-0.39, 0.29) is 29.4 Å². The number of aromatic nitrogens is 2. The molecule has 0 aromatic carbocycles. The van der Waals surface area contributed by atoms with Crippen LogP contribution < -0.4 is 15.4 Å². The number of halogens is 1. The highest BCUT2D eigenvalue weighted by atomic mass is 127. The maximum Gasteiger partial charge on any atom is 0.213 e. The molecule has 2 aromatic rings. The third-order valence-corrected chi connectivity index (χ3v) is 3.22. The second-order valence-electron chi connectivity index (χ2n) is 6.26. The highest BCUT2D eigenvalue weighted by Gasteiger charge is 2.19. The summed E-state index contributed by atoms with van der Waals surface area (Å²) in [5.74, 6) is 2.92. The van der Waals surface area contributed by atoms with Gasteiger partial charge in [-0.25, -0.2) is 4.98 Å². The summed E-state index contributed by atoms with van der Waals surface area (Å²) >= 11 is 0. The summed E-state index contributed by atoms with van der Waals surface area (Å²) in [7, 11) is 1.72. The summed E-state index contributed by atoms with van der Waals surface area (Å²) < 4.78 is 11.3. The lowest BCUT2D eigenvalue weighted by Crippen LogP contribution is -2.38. The number of nitrogens with one attached hydrogen (secondary N) is 2. The minimum Gasteiger partial charge on any atom is -0.490 e. The van der Waals surface area contributed by atoms with Crippen LogP contribution >= 0.6 is 24.0 Å². The first-order chi connectivity index (χ1) is 11.5. The molecule has 0 spiro atoms. The molecule has 0 bridgehead atoms. The normalized spacial score (nSPS) is 11.6. The Hall–Kier alpha value is -1.84. The molecule has 0 aliphatic heterocycles. The SMILES string of the molecule is CN=C(NCCOc1cccnc1)NCc1ncc(C(C)(C)C)o1.I. The fourth-order valence-corrected chi connectivity index (χ4v) is 1.89. The van der Waals surface area contributed by atoms with Gasteiger partial charge in [-0.1, -0.05) is 20.8 Å². The molecule has 8 heteroatoms. The van der Waals surface area contributed by atoms with Crippen molar-refractivity contribution < 1.29 is 9.15 Å². The van der Waals surface area contributed by atoms with Gasteiger partial charge in [0.2, 0.25) is 5.89 Å². The van der Waals surface area contributed by atoms with Gasteiger partial charge in [0.15, 0.2) is 5.96 Å². The van der Waals surface area contributed by atoms with Crippen LogP contribution in [0.3, 0.4) is 0 Å². The molecule has 0 aliphatic rings. The standard InChI is InChI=1S/C17H25N5O2.HI/c1-17(2,3)14-11-21-15(24-14)12-22-16(18-4)20-8-9-23-13-6-5-7-19-10-13;/h5-7,10-11H,8-9,12H2,1-4H3,(H2,18,20,22);1H. The predicted molar refractivity (Wildman–Crippen MR) is 109 cm³/mol. The molecule has 0 aliphatic carbocycles. The molecule has 2 rings (SSSR count). The van der Waals surface area contributed by atoms with E-state index >= 15 is 0 Å². The maximum atomic E-state index is 5.74. The Morgan fingerprint density at radius 3 is 2.68 bits per heavy atom. The van der Waals surface area contributed by atoms with Crippen LogP contribution in [0.2, 0.25) is 0 Å². The Kier molecular flexibility index (Phi) is 8.67. The van der Waals surface area contributed by atoms with Gasteiger partial charge >= 0.3 is 0 Å². The Morgan fingerprint density at radius 2 is 2.08 bits per heavy atom. The van der Waals surface area contributed by atoms with Crippen LogP contribution in [0.15, 0.2) is 40.1 Å². The molecule has 7 nitrogen and oxygen atoms in total. The molecule has 2 heterocycles. The molecule has 25 heavy (non-hydrogen) atoms. The van der Waals surface area contributed by atoms with Crippen LogP contribution in [-0.2, 0) is 12.0 Å². The summed E-state index contributed by atoms with van der Waals surface area (Å²) in [4.78, 5) is 12.4. The van der Waals surface area contributed by atoms with Crippen molar-refractivity contribution in [1.82, 2.24) is 20.6 Å². The Balaban J connectivity index is 0.00000312. The zero-order chi connectivity index (χ0) is 17.4. The second kappa shape index (κ2) is 10.2. The number of aliphatic imine (C=N–C) groups is 1. The predicted octanol–water partition coefficient (Wildman–Crippen LogP) is 2.73. The summed E-state index contributed by atoms with van der Waals surface area (Å²) in [6, 6.07) is 3.71. The highest BCUT2D eigenvalue weighted by Crippen LogP contribution is 2.22. The molecule has 0 saturated carbocycles. The van der Waals surface area contributed by atoms with Gasteiger partial charge in [0, 0.05) is 18.7 Å². The van der Waals surface area contributed by atoms with Crippen molar-refractivity contribution in [1.29, 1.82) is 0 Å². The first-order valence-electron chi connectivity index (χ1n) is 7.91. The molecule has 0 saturated heterocycles. The van der Waals surface area contributed by atoms with E-state index < -0.39 is 0 Å². The fourth-order valence-electron chi connectivity index (χ4n) is 1.89. The molecular weight excluding hydrogens is 433 g/mol. The Labute approximate surface area is 165 Å². The molecule has 0 amide bonds. The van der Waals surface area contributed by atoms with Gasteiger partial charge in [-0.15, -0.1) is 24.0 Å². The minimum absolute atomic E-state index is 0. The van der Waals surface area contributed by atoms with Gasteiger partial charge in [-0.3, -0.25) is 9.98 Å². The molecule has 0 unspecified atom stereocenters. The van der Waals surface area contributed by atoms with Gasteiger partial charge in [0.1, 0.15) is 18.1 Å². The van der Waals surface area contributed by atoms with E-state index in [1.165, 1.54) is 0 Å². The maximum absolute atomic E-state index is 5.74. The van der Waals surface area contributed by atoms with Crippen LogP contribution in [-0.4, -0.2) is 36.1 Å². The van der Waals surface area contributed by atoms with E-state index in [1.54, 1.807) is 25.6 Å². The number of hydrogen-bond donors (Lipinski definition) is 2. The lowest BCUT2D eigenvalue weighted by Gasteiger charge is -2.13. The van der Waals surface area contributed by atoms with E-state index in [0.29, 0.717) is 31.5 Å². The summed E-state index contributed by atoms with van der Waals surface area (Å²) in [6.45, 7) is 7.88. The lowest BCUT2D eigenvalue weighted by molar-refractivity contribution is 0.320. The van der Waals surface area contributed by atoms with E-state index in [9.17, 15) is 0 Å². The van der Waals surface area contributed by atoms with Gasteiger partial charge in [0.25, 0.3) is 0 Å². The summed E-state index contributed by atoms with van der Waals surface area (Å²) in [6.07, 6.45) is 5.17. The van der Waals surface area contributed by atoms with E-state index in [4.69, 9.17) is 9.15 Å². The monoisotopic (exact) mass is 459 g/mol. The number of nitrogens with zero attached hydrogens (tertiary/aromatic N) is 3. The lowest BCUT2D eigenvalue weighted by atomic mass is 9.94. The Bertz CT molecular complexity index is 653. The van der Waals surface area contributed by atoms with Crippen molar-refractivity contribution in [2.45, 2.75) is 32.7 Å². The molecular formula is C17H26IN5O2. The average molecular weight is 459 g/mol. The van der Waals surface area contributed by atoms with Crippen molar-refractivity contribution in [3.63, 3.8) is 0 Å². The van der Waals surface area contributed by atoms with Gasteiger partial charge in [-0.05, 0) is 12.1 Å². The quantitative estimate of drug-likeness (QED) is 0.299. The molecule has 0 fully saturated rings.